The molecular weight excluding hydrogens is 326 g/mol. The number of hydrogen-bond donors (Lipinski definition) is 2. The molecule has 1 aromatic carbocycles. The molecule has 1 aromatic heterocycles. The second-order valence-corrected chi connectivity index (χ2v) is 7.51. The Balaban J connectivity index is 1.54. The van der Waals surface area contributed by atoms with E-state index >= 15 is 0 Å². The minimum Gasteiger partial charge on any atom is -0.330 e. The lowest BCUT2D eigenvalue weighted by molar-refractivity contribution is -0.120. The van der Waals surface area contributed by atoms with E-state index in [4.69, 9.17) is 5.73 Å². The Bertz CT molecular complexity index is 784. The first-order valence-electron chi connectivity index (χ1n) is 9.79. The number of nitrogens with one attached hydrogen (secondary N) is 1. The number of benzene rings is 1. The van der Waals surface area contributed by atoms with Crippen LogP contribution in [0.15, 0.2) is 24.3 Å². The molecule has 3 N–H and O–H groups in total. The highest BCUT2D eigenvalue weighted by atomic mass is 16.1. The van der Waals surface area contributed by atoms with Crippen LogP contribution in [0.4, 0.5) is 5.69 Å². The van der Waals surface area contributed by atoms with E-state index < -0.39 is 0 Å². The van der Waals surface area contributed by atoms with Crippen molar-refractivity contribution in [3.8, 4) is 11.4 Å². The van der Waals surface area contributed by atoms with Crippen LogP contribution < -0.4 is 11.1 Å². The van der Waals surface area contributed by atoms with E-state index in [1.54, 1.807) is 0 Å². The second-order valence-electron chi connectivity index (χ2n) is 7.51. The van der Waals surface area contributed by atoms with Crippen LogP contribution in [0.2, 0.25) is 0 Å². The quantitative estimate of drug-likeness (QED) is 0.885. The number of hydrogen-bond acceptors (Lipinski definition) is 4. The van der Waals surface area contributed by atoms with Gasteiger partial charge in [-0.2, -0.15) is 0 Å². The van der Waals surface area contributed by atoms with Gasteiger partial charge in [-0.3, -0.25) is 4.79 Å². The highest BCUT2D eigenvalue weighted by molar-refractivity contribution is 5.93. The molecule has 2 heterocycles. The molecule has 0 unspecified atom stereocenters. The van der Waals surface area contributed by atoms with Crippen molar-refractivity contribution in [1.82, 2.24) is 14.8 Å². The molecule has 0 radical (unpaired) electrons. The lowest BCUT2D eigenvalue weighted by atomic mass is 9.95. The second kappa shape index (κ2) is 7.58. The summed E-state index contributed by atoms with van der Waals surface area (Å²) in [5, 5.41) is 11.9. The largest absolute Gasteiger partial charge is 0.330 e. The van der Waals surface area contributed by atoms with Gasteiger partial charge in [0, 0.05) is 30.1 Å². The summed E-state index contributed by atoms with van der Waals surface area (Å²) in [5.74, 6) is 2.41. The molecule has 2 atom stereocenters. The molecule has 0 spiro atoms. The van der Waals surface area contributed by atoms with E-state index in [0.717, 1.165) is 61.5 Å². The lowest BCUT2D eigenvalue weighted by Crippen LogP contribution is -2.29. The van der Waals surface area contributed by atoms with Crippen molar-refractivity contribution in [3.05, 3.63) is 30.1 Å². The molecule has 1 aliphatic carbocycles. The van der Waals surface area contributed by atoms with E-state index in [-0.39, 0.29) is 11.8 Å². The van der Waals surface area contributed by atoms with Crippen molar-refractivity contribution in [2.75, 3.05) is 11.9 Å². The molecule has 0 saturated heterocycles. The summed E-state index contributed by atoms with van der Waals surface area (Å²) in [5.41, 5.74) is 7.65. The number of carbonyl (C=O) groups excluding carboxylic acids is 1. The number of anilines is 1. The Hall–Kier alpha value is -2.21. The summed E-state index contributed by atoms with van der Waals surface area (Å²) in [6.45, 7) is 1.55. The molecule has 6 nitrogen and oxygen atoms in total. The van der Waals surface area contributed by atoms with Crippen LogP contribution in [0.1, 0.15) is 44.3 Å². The Morgan fingerprint density at radius 1 is 1.19 bits per heavy atom. The zero-order valence-electron chi connectivity index (χ0n) is 15.2. The van der Waals surface area contributed by atoms with Gasteiger partial charge in [0.05, 0.1) is 0 Å². The molecule has 2 aliphatic rings. The Morgan fingerprint density at radius 2 is 2.12 bits per heavy atom. The Labute approximate surface area is 154 Å². The smallest absolute Gasteiger partial charge is 0.227 e. The standard InChI is InChI=1S/C20H27N5O/c21-13-15-7-5-9-17(15)20(26)22-16-8-4-6-14(12-16)19-24-23-18-10-2-1-3-11-25(18)19/h4,6,8,12,15,17H,1-3,5,7,9-11,13,21H2,(H,22,26)/t15-,17-/m1/s1. The van der Waals surface area contributed by atoms with Gasteiger partial charge in [0.25, 0.3) is 0 Å². The van der Waals surface area contributed by atoms with Crippen molar-refractivity contribution in [2.45, 2.75) is 51.5 Å². The normalized spacial score (nSPS) is 22.7. The van der Waals surface area contributed by atoms with Crippen molar-refractivity contribution in [2.24, 2.45) is 17.6 Å². The summed E-state index contributed by atoms with van der Waals surface area (Å²) < 4.78 is 2.23. The summed E-state index contributed by atoms with van der Waals surface area (Å²) in [4.78, 5) is 12.7. The van der Waals surface area contributed by atoms with E-state index in [2.05, 4.69) is 20.1 Å². The first-order chi connectivity index (χ1) is 12.8. The van der Waals surface area contributed by atoms with Crippen LogP contribution in [-0.4, -0.2) is 27.2 Å². The van der Waals surface area contributed by atoms with E-state index in [1.807, 2.05) is 24.3 Å². The number of aromatic nitrogens is 3. The van der Waals surface area contributed by atoms with E-state index in [9.17, 15) is 4.79 Å². The van der Waals surface area contributed by atoms with Crippen molar-refractivity contribution in [1.29, 1.82) is 0 Å². The summed E-state index contributed by atoms with van der Waals surface area (Å²) >= 11 is 0. The van der Waals surface area contributed by atoms with Crippen LogP contribution in [0.25, 0.3) is 11.4 Å². The Morgan fingerprint density at radius 3 is 3.00 bits per heavy atom. The van der Waals surface area contributed by atoms with Gasteiger partial charge in [-0.1, -0.05) is 25.0 Å². The molecule has 138 valence electrons. The molecular formula is C20H27N5O. The molecule has 1 aliphatic heterocycles. The first kappa shape index (κ1) is 17.2. The molecule has 1 amide bonds. The number of amides is 1. The van der Waals surface area contributed by atoms with Gasteiger partial charge in [-0.05, 0) is 50.3 Å². The molecule has 4 rings (SSSR count). The van der Waals surface area contributed by atoms with Gasteiger partial charge in [-0.15, -0.1) is 10.2 Å². The highest BCUT2D eigenvalue weighted by Crippen LogP contribution is 2.32. The Kier molecular flexibility index (Phi) is 5.02. The van der Waals surface area contributed by atoms with Crippen LogP contribution >= 0.6 is 0 Å². The maximum Gasteiger partial charge on any atom is 0.227 e. The number of nitrogens with two attached hydrogens (primary N) is 1. The fraction of sp³-hybridized carbons (Fsp3) is 0.550. The van der Waals surface area contributed by atoms with E-state index in [1.165, 1.54) is 12.8 Å². The zero-order valence-corrected chi connectivity index (χ0v) is 15.2. The SMILES string of the molecule is NC[C@H]1CCC[C@H]1C(=O)Nc1cccc(-c2nnc3n2CCCCC3)c1. The summed E-state index contributed by atoms with van der Waals surface area (Å²) in [6.07, 6.45) is 7.65. The minimum absolute atomic E-state index is 0.0352. The third-order valence-corrected chi connectivity index (χ3v) is 5.80. The molecule has 26 heavy (non-hydrogen) atoms. The lowest BCUT2D eigenvalue weighted by Gasteiger charge is -2.17. The monoisotopic (exact) mass is 353 g/mol. The highest BCUT2D eigenvalue weighted by Gasteiger charge is 2.32. The average molecular weight is 353 g/mol. The van der Waals surface area contributed by atoms with Gasteiger partial charge < -0.3 is 15.6 Å². The maximum atomic E-state index is 12.7. The molecule has 6 heteroatoms. The summed E-state index contributed by atoms with van der Waals surface area (Å²) in [6, 6.07) is 7.95. The van der Waals surface area contributed by atoms with Crippen molar-refractivity contribution < 1.29 is 4.79 Å². The van der Waals surface area contributed by atoms with Gasteiger partial charge in [0.2, 0.25) is 5.91 Å². The predicted molar refractivity (Wildman–Crippen MR) is 102 cm³/mol. The van der Waals surface area contributed by atoms with Crippen LogP contribution in [0.3, 0.4) is 0 Å². The fourth-order valence-corrected chi connectivity index (χ4v) is 4.33. The van der Waals surface area contributed by atoms with Gasteiger partial charge in [0.1, 0.15) is 5.82 Å². The first-order valence-corrected chi connectivity index (χ1v) is 9.79. The fourth-order valence-electron chi connectivity index (χ4n) is 4.33. The molecule has 0 bridgehead atoms. The van der Waals surface area contributed by atoms with Crippen molar-refractivity contribution >= 4 is 11.6 Å². The number of aryl methyl sites for hydroxylation is 1. The van der Waals surface area contributed by atoms with Gasteiger partial charge in [0.15, 0.2) is 5.82 Å². The molecule has 2 aromatic rings. The summed E-state index contributed by atoms with van der Waals surface area (Å²) in [7, 11) is 0. The maximum absolute atomic E-state index is 12.7. The van der Waals surface area contributed by atoms with Gasteiger partial charge in [-0.25, -0.2) is 0 Å². The minimum atomic E-state index is 0.0352. The van der Waals surface area contributed by atoms with E-state index in [0.29, 0.717) is 12.5 Å². The topological polar surface area (TPSA) is 85.8 Å². The number of fused-ring (bicyclic) bond motifs is 1. The number of nitrogens with zero attached hydrogens (tertiary/aromatic N) is 3. The zero-order chi connectivity index (χ0) is 17.9. The average Bonchev–Trinajstić information content (AvgIpc) is 3.23. The molecule has 1 fully saturated rings. The van der Waals surface area contributed by atoms with Crippen LogP contribution in [0, 0.1) is 11.8 Å². The predicted octanol–water partition coefficient (Wildman–Crippen LogP) is 2.99. The number of carbonyl (C=O) groups is 1. The third-order valence-electron chi connectivity index (χ3n) is 5.80. The van der Waals surface area contributed by atoms with Gasteiger partial charge >= 0.3 is 0 Å². The van der Waals surface area contributed by atoms with Crippen molar-refractivity contribution in [3.63, 3.8) is 0 Å². The third kappa shape index (κ3) is 3.38. The number of rotatable bonds is 4. The molecule has 1 saturated carbocycles. The van der Waals surface area contributed by atoms with Crippen LogP contribution in [-0.2, 0) is 17.8 Å². The van der Waals surface area contributed by atoms with Crippen LogP contribution in [0.5, 0.6) is 0 Å².